The zero-order valence-electron chi connectivity index (χ0n) is 7.69. The highest BCUT2D eigenvalue weighted by molar-refractivity contribution is 7.09. The van der Waals surface area contributed by atoms with Crippen molar-refractivity contribution in [3.05, 3.63) is 16.1 Å². The van der Waals surface area contributed by atoms with Crippen molar-refractivity contribution in [1.82, 2.24) is 4.98 Å². The van der Waals surface area contributed by atoms with Crippen molar-refractivity contribution in [2.24, 2.45) is 5.73 Å². The molecule has 2 N–H and O–H groups in total. The van der Waals surface area contributed by atoms with Crippen LogP contribution in [0.3, 0.4) is 0 Å². The van der Waals surface area contributed by atoms with Crippen LogP contribution in [0.1, 0.15) is 17.1 Å². The molecule has 1 aliphatic rings. The third-order valence-corrected chi connectivity index (χ3v) is 3.19. The molecule has 2 rings (SSSR count). The van der Waals surface area contributed by atoms with E-state index in [0.29, 0.717) is 19.6 Å². The maximum absolute atomic E-state index is 8.52. The van der Waals surface area contributed by atoms with E-state index in [1.165, 1.54) is 11.3 Å². The molecule has 1 aromatic rings. The molecule has 2 heterocycles. The van der Waals surface area contributed by atoms with E-state index in [1.54, 1.807) is 0 Å². The van der Waals surface area contributed by atoms with Gasteiger partial charge in [-0.3, -0.25) is 0 Å². The Morgan fingerprint density at radius 3 is 3.29 bits per heavy atom. The predicted molar refractivity (Wildman–Crippen MR) is 52.7 cm³/mol. The van der Waals surface area contributed by atoms with Gasteiger partial charge in [0.1, 0.15) is 5.01 Å². The zero-order valence-corrected chi connectivity index (χ0v) is 8.51. The molecule has 1 aromatic heterocycles. The number of thiazole rings is 1. The van der Waals surface area contributed by atoms with Gasteiger partial charge in [-0.1, -0.05) is 0 Å². The first-order chi connectivity index (χ1) is 6.74. The second kappa shape index (κ2) is 3.65. The Bertz CT molecular complexity index is 362. The van der Waals surface area contributed by atoms with Crippen molar-refractivity contribution < 1.29 is 4.74 Å². The smallest absolute Gasteiger partial charge is 0.107 e. The zero-order chi connectivity index (χ0) is 10.0. The van der Waals surface area contributed by atoms with Crippen LogP contribution in [0.4, 0.5) is 0 Å². The summed E-state index contributed by atoms with van der Waals surface area (Å²) in [5.41, 5.74) is 6.57. The molecule has 1 saturated heterocycles. The molecule has 0 aliphatic carbocycles. The fraction of sp³-hybridized carbons (Fsp3) is 0.556. The van der Waals surface area contributed by atoms with E-state index in [-0.39, 0.29) is 0 Å². The second-order valence-electron chi connectivity index (χ2n) is 3.42. The minimum absolute atomic E-state index is 0.363. The second-order valence-corrected chi connectivity index (χ2v) is 4.36. The van der Waals surface area contributed by atoms with Crippen LogP contribution >= 0.6 is 11.3 Å². The van der Waals surface area contributed by atoms with Crippen LogP contribution < -0.4 is 5.73 Å². The van der Waals surface area contributed by atoms with E-state index in [9.17, 15) is 0 Å². The molecule has 1 atom stereocenters. The predicted octanol–water partition coefficient (Wildman–Crippen LogP) is 0.783. The number of nitrogens with zero attached hydrogens (tertiary/aromatic N) is 2. The van der Waals surface area contributed by atoms with Gasteiger partial charge >= 0.3 is 0 Å². The van der Waals surface area contributed by atoms with Gasteiger partial charge in [-0.05, 0) is 6.42 Å². The molecule has 1 fully saturated rings. The maximum Gasteiger partial charge on any atom is 0.107 e. The molecule has 4 nitrogen and oxygen atoms in total. The molecule has 0 radical (unpaired) electrons. The van der Waals surface area contributed by atoms with E-state index in [0.717, 1.165) is 17.1 Å². The lowest BCUT2D eigenvalue weighted by atomic mass is 9.97. The minimum Gasteiger partial charge on any atom is -0.379 e. The molecule has 1 unspecified atom stereocenters. The average molecular weight is 209 g/mol. The van der Waals surface area contributed by atoms with Crippen LogP contribution in [0.2, 0.25) is 0 Å². The molecule has 14 heavy (non-hydrogen) atoms. The van der Waals surface area contributed by atoms with E-state index >= 15 is 0 Å². The fourth-order valence-corrected chi connectivity index (χ4v) is 2.31. The van der Waals surface area contributed by atoms with Crippen LogP contribution in [0.5, 0.6) is 0 Å². The topological polar surface area (TPSA) is 71.9 Å². The van der Waals surface area contributed by atoms with Crippen LogP contribution in [-0.2, 0) is 16.7 Å². The lowest BCUT2D eigenvalue weighted by Gasteiger charge is -2.18. The van der Waals surface area contributed by atoms with Crippen LogP contribution in [0.25, 0.3) is 0 Å². The summed E-state index contributed by atoms with van der Waals surface area (Å²) in [4.78, 5) is 4.34. The number of rotatable bonds is 2. The lowest BCUT2D eigenvalue weighted by Crippen LogP contribution is -2.37. The minimum atomic E-state index is -0.426. The standard InChI is InChI=1S/C9H11N3OS/c10-3-1-8-12-7(5-14-8)9(11)2-4-13-6-9/h5H,1-2,4,6,11H2. The van der Waals surface area contributed by atoms with Crippen LogP contribution in [0, 0.1) is 11.3 Å². The van der Waals surface area contributed by atoms with Crippen molar-refractivity contribution in [2.75, 3.05) is 13.2 Å². The molecule has 1 aliphatic heterocycles. The third kappa shape index (κ3) is 1.64. The normalized spacial score (nSPS) is 26.3. The Morgan fingerprint density at radius 2 is 2.64 bits per heavy atom. The van der Waals surface area contributed by atoms with E-state index in [4.69, 9.17) is 15.7 Å². The average Bonchev–Trinajstić information content (AvgIpc) is 2.75. The summed E-state index contributed by atoms with van der Waals surface area (Å²) in [7, 11) is 0. The number of hydrogen-bond acceptors (Lipinski definition) is 5. The third-order valence-electron chi connectivity index (χ3n) is 2.34. The first-order valence-corrected chi connectivity index (χ1v) is 5.31. The molecule has 5 heteroatoms. The van der Waals surface area contributed by atoms with Gasteiger partial charge in [-0.15, -0.1) is 11.3 Å². The van der Waals surface area contributed by atoms with Gasteiger partial charge in [0.25, 0.3) is 0 Å². The number of aromatic nitrogens is 1. The first kappa shape index (κ1) is 9.59. The number of ether oxygens (including phenoxy) is 1. The highest BCUT2D eigenvalue weighted by Crippen LogP contribution is 2.28. The summed E-state index contributed by atoms with van der Waals surface area (Å²) in [5, 5.41) is 11.3. The van der Waals surface area contributed by atoms with Gasteiger partial charge in [-0.2, -0.15) is 5.26 Å². The number of hydrogen-bond donors (Lipinski definition) is 1. The summed E-state index contributed by atoms with van der Waals surface area (Å²) in [6.07, 6.45) is 1.17. The first-order valence-electron chi connectivity index (χ1n) is 4.43. The van der Waals surface area contributed by atoms with Gasteiger partial charge < -0.3 is 10.5 Å². The molecule has 0 bridgehead atoms. The Labute approximate surface area is 86.3 Å². The van der Waals surface area contributed by atoms with Crippen LogP contribution in [-0.4, -0.2) is 18.2 Å². The van der Waals surface area contributed by atoms with Gasteiger partial charge in [0.15, 0.2) is 0 Å². The van der Waals surface area contributed by atoms with Crippen molar-refractivity contribution in [2.45, 2.75) is 18.4 Å². The Balaban J connectivity index is 2.20. The Morgan fingerprint density at radius 1 is 1.79 bits per heavy atom. The largest absolute Gasteiger partial charge is 0.379 e. The van der Waals surface area contributed by atoms with Crippen molar-refractivity contribution in [3.8, 4) is 6.07 Å². The lowest BCUT2D eigenvalue weighted by molar-refractivity contribution is 0.177. The molecule has 0 aromatic carbocycles. The SMILES string of the molecule is N#CCc1nc(C2(N)CCOC2)cs1. The quantitative estimate of drug-likeness (QED) is 0.781. The molecule has 0 spiro atoms. The summed E-state index contributed by atoms with van der Waals surface area (Å²) in [5.74, 6) is 0. The van der Waals surface area contributed by atoms with Gasteiger partial charge in [0, 0.05) is 12.0 Å². The molecule has 0 amide bonds. The van der Waals surface area contributed by atoms with Gasteiger partial charge in [-0.25, -0.2) is 4.98 Å². The molecule has 74 valence electrons. The Kier molecular flexibility index (Phi) is 2.50. The van der Waals surface area contributed by atoms with Crippen molar-refractivity contribution in [3.63, 3.8) is 0 Å². The monoisotopic (exact) mass is 209 g/mol. The molecular formula is C9H11N3OS. The fourth-order valence-electron chi connectivity index (χ4n) is 1.47. The van der Waals surface area contributed by atoms with Gasteiger partial charge in [0.05, 0.1) is 30.3 Å². The van der Waals surface area contributed by atoms with Crippen LogP contribution in [0.15, 0.2) is 5.38 Å². The highest BCUT2D eigenvalue weighted by atomic mass is 32.1. The molecule has 0 saturated carbocycles. The maximum atomic E-state index is 8.52. The van der Waals surface area contributed by atoms with E-state index < -0.39 is 5.54 Å². The van der Waals surface area contributed by atoms with E-state index in [1.807, 2.05) is 5.38 Å². The number of nitrogens with two attached hydrogens (primary N) is 1. The summed E-state index contributed by atoms with van der Waals surface area (Å²) in [6, 6.07) is 2.08. The van der Waals surface area contributed by atoms with E-state index in [2.05, 4.69) is 11.1 Å². The molecular weight excluding hydrogens is 198 g/mol. The highest BCUT2D eigenvalue weighted by Gasteiger charge is 2.34. The number of nitriles is 1. The van der Waals surface area contributed by atoms with Crippen molar-refractivity contribution >= 4 is 11.3 Å². The van der Waals surface area contributed by atoms with Gasteiger partial charge in [0.2, 0.25) is 0 Å². The van der Waals surface area contributed by atoms with Crippen molar-refractivity contribution in [1.29, 1.82) is 5.26 Å². The summed E-state index contributed by atoms with van der Waals surface area (Å²) < 4.78 is 5.26. The Hall–Kier alpha value is -0.960. The summed E-state index contributed by atoms with van der Waals surface area (Å²) >= 11 is 1.49. The summed E-state index contributed by atoms with van der Waals surface area (Å²) in [6.45, 7) is 1.23.